The van der Waals surface area contributed by atoms with Crippen molar-refractivity contribution in [3.63, 3.8) is 0 Å². The minimum absolute atomic E-state index is 0.297. The molecule has 1 N–H and O–H groups in total. The fourth-order valence-corrected chi connectivity index (χ4v) is 3.84. The van der Waals surface area contributed by atoms with E-state index in [0.29, 0.717) is 5.54 Å². The third-order valence-electron chi connectivity index (χ3n) is 4.63. The van der Waals surface area contributed by atoms with Gasteiger partial charge in [0, 0.05) is 54.1 Å². The lowest BCUT2D eigenvalue weighted by Gasteiger charge is -2.45. The van der Waals surface area contributed by atoms with Gasteiger partial charge in [-0.3, -0.25) is 9.80 Å². The van der Waals surface area contributed by atoms with E-state index in [1.165, 1.54) is 35.7 Å². The van der Waals surface area contributed by atoms with Gasteiger partial charge in [-0.05, 0) is 45.9 Å². The molecule has 0 unspecified atom stereocenters. The van der Waals surface area contributed by atoms with Gasteiger partial charge in [-0.2, -0.15) is 0 Å². The first-order chi connectivity index (χ1) is 9.53. The Bertz CT molecular complexity index is 450. The van der Waals surface area contributed by atoms with Gasteiger partial charge in [-0.25, -0.2) is 0 Å². The van der Waals surface area contributed by atoms with Gasteiger partial charge < -0.3 is 5.32 Å². The molecule has 1 saturated carbocycles. The van der Waals surface area contributed by atoms with Crippen molar-refractivity contribution in [3.05, 3.63) is 21.9 Å². The molecule has 1 aliphatic carbocycles. The second kappa shape index (κ2) is 5.76. The SMILES string of the molecule is CN1CCN(Cc2ccc(CNC3CC3)s2)CC1(C)C. The maximum atomic E-state index is 3.60. The molecule has 0 aromatic carbocycles. The first kappa shape index (κ1) is 14.5. The molecule has 20 heavy (non-hydrogen) atoms. The highest BCUT2D eigenvalue weighted by molar-refractivity contribution is 7.11. The van der Waals surface area contributed by atoms with Crippen molar-refractivity contribution >= 4 is 11.3 Å². The standard InChI is InChI=1S/C16H27N3S/c1-16(2)12-19(9-8-18(16)3)11-15-7-6-14(20-15)10-17-13-4-5-13/h6-7,13,17H,4-5,8-12H2,1-3H3. The lowest BCUT2D eigenvalue weighted by Crippen LogP contribution is -2.57. The molecule has 2 heterocycles. The third kappa shape index (κ3) is 3.61. The van der Waals surface area contributed by atoms with E-state index >= 15 is 0 Å². The Balaban J connectivity index is 1.52. The van der Waals surface area contributed by atoms with Gasteiger partial charge in [-0.15, -0.1) is 11.3 Å². The van der Waals surface area contributed by atoms with Crippen molar-refractivity contribution in [1.29, 1.82) is 0 Å². The van der Waals surface area contributed by atoms with Crippen molar-refractivity contribution in [2.45, 2.75) is 51.4 Å². The van der Waals surface area contributed by atoms with Crippen LogP contribution in [0.15, 0.2) is 12.1 Å². The van der Waals surface area contributed by atoms with Crippen LogP contribution in [0.3, 0.4) is 0 Å². The van der Waals surface area contributed by atoms with E-state index in [9.17, 15) is 0 Å². The number of nitrogens with one attached hydrogen (secondary N) is 1. The molecule has 0 radical (unpaired) electrons. The minimum Gasteiger partial charge on any atom is -0.309 e. The fraction of sp³-hybridized carbons (Fsp3) is 0.750. The van der Waals surface area contributed by atoms with E-state index in [0.717, 1.165) is 25.7 Å². The first-order valence-electron chi connectivity index (χ1n) is 7.77. The lowest BCUT2D eigenvalue weighted by molar-refractivity contribution is 0.0365. The average Bonchev–Trinajstić information content (AvgIpc) is 3.12. The molecule has 1 aliphatic heterocycles. The van der Waals surface area contributed by atoms with Crippen LogP contribution in [-0.4, -0.2) is 48.1 Å². The molecule has 112 valence electrons. The molecule has 3 nitrogen and oxygen atoms in total. The largest absolute Gasteiger partial charge is 0.309 e. The summed E-state index contributed by atoms with van der Waals surface area (Å²) in [5.41, 5.74) is 0.297. The van der Waals surface area contributed by atoms with Crippen LogP contribution in [0, 0.1) is 0 Å². The zero-order chi connectivity index (χ0) is 14.2. The van der Waals surface area contributed by atoms with Gasteiger partial charge in [0.05, 0.1) is 0 Å². The summed E-state index contributed by atoms with van der Waals surface area (Å²) in [6, 6.07) is 5.43. The van der Waals surface area contributed by atoms with E-state index in [1.54, 1.807) is 0 Å². The number of rotatable bonds is 5. The van der Waals surface area contributed by atoms with Crippen molar-refractivity contribution in [2.75, 3.05) is 26.7 Å². The quantitative estimate of drug-likeness (QED) is 0.900. The number of likely N-dealkylation sites (N-methyl/N-ethyl adjacent to an activating group) is 1. The van der Waals surface area contributed by atoms with Crippen molar-refractivity contribution in [1.82, 2.24) is 15.1 Å². The number of piperazine rings is 1. The van der Waals surface area contributed by atoms with E-state index in [-0.39, 0.29) is 0 Å². The van der Waals surface area contributed by atoms with Gasteiger partial charge in [-0.1, -0.05) is 0 Å². The minimum atomic E-state index is 0.297. The molecule has 3 rings (SSSR count). The Morgan fingerprint density at radius 3 is 2.70 bits per heavy atom. The predicted octanol–water partition coefficient (Wildman–Crippen LogP) is 2.53. The highest BCUT2D eigenvalue weighted by Crippen LogP contribution is 2.25. The van der Waals surface area contributed by atoms with E-state index in [1.807, 2.05) is 11.3 Å². The van der Waals surface area contributed by atoms with E-state index < -0.39 is 0 Å². The van der Waals surface area contributed by atoms with E-state index in [4.69, 9.17) is 0 Å². The van der Waals surface area contributed by atoms with Crippen LogP contribution in [-0.2, 0) is 13.1 Å². The number of thiophene rings is 1. The molecule has 2 fully saturated rings. The normalized spacial score (nSPS) is 24.1. The molecule has 0 bridgehead atoms. The maximum Gasteiger partial charge on any atom is 0.0329 e. The van der Waals surface area contributed by atoms with Crippen LogP contribution in [0.1, 0.15) is 36.4 Å². The summed E-state index contributed by atoms with van der Waals surface area (Å²) < 4.78 is 0. The third-order valence-corrected chi connectivity index (χ3v) is 5.70. The lowest BCUT2D eigenvalue weighted by atomic mass is 10.00. The monoisotopic (exact) mass is 293 g/mol. The maximum absolute atomic E-state index is 3.60. The zero-order valence-electron chi connectivity index (χ0n) is 13.0. The van der Waals surface area contributed by atoms with Crippen LogP contribution in [0.2, 0.25) is 0 Å². The Labute approximate surface area is 127 Å². The van der Waals surface area contributed by atoms with Crippen molar-refractivity contribution in [3.8, 4) is 0 Å². The van der Waals surface area contributed by atoms with Crippen molar-refractivity contribution in [2.24, 2.45) is 0 Å². The molecule has 1 aromatic rings. The highest BCUT2D eigenvalue weighted by atomic mass is 32.1. The molecular formula is C16H27N3S. The summed E-state index contributed by atoms with van der Waals surface area (Å²) in [7, 11) is 2.24. The smallest absolute Gasteiger partial charge is 0.0329 e. The van der Waals surface area contributed by atoms with Crippen LogP contribution >= 0.6 is 11.3 Å². The highest BCUT2D eigenvalue weighted by Gasteiger charge is 2.30. The Kier molecular flexibility index (Phi) is 4.18. The number of hydrogen-bond donors (Lipinski definition) is 1. The second-order valence-electron chi connectivity index (χ2n) is 6.97. The van der Waals surface area contributed by atoms with Crippen LogP contribution in [0.4, 0.5) is 0 Å². The van der Waals surface area contributed by atoms with Gasteiger partial charge >= 0.3 is 0 Å². The van der Waals surface area contributed by atoms with Crippen LogP contribution in [0.5, 0.6) is 0 Å². The van der Waals surface area contributed by atoms with Gasteiger partial charge in [0.25, 0.3) is 0 Å². The molecule has 0 amide bonds. The summed E-state index contributed by atoms with van der Waals surface area (Å²) in [4.78, 5) is 8.07. The van der Waals surface area contributed by atoms with Gasteiger partial charge in [0.15, 0.2) is 0 Å². The Morgan fingerprint density at radius 2 is 2.00 bits per heavy atom. The molecular weight excluding hydrogens is 266 g/mol. The summed E-state index contributed by atoms with van der Waals surface area (Å²) in [5.74, 6) is 0. The average molecular weight is 293 g/mol. The summed E-state index contributed by atoms with van der Waals surface area (Å²) in [6.07, 6.45) is 2.74. The molecule has 2 aliphatic rings. The van der Waals surface area contributed by atoms with Crippen molar-refractivity contribution < 1.29 is 0 Å². The molecule has 4 heteroatoms. The molecule has 1 saturated heterocycles. The molecule has 1 aromatic heterocycles. The predicted molar refractivity (Wildman–Crippen MR) is 86.2 cm³/mol. The molecule has 0 spiro atoms. The van der Waals surface area contributed by atoms with E-state index in [2.05, 4.69) is 48.1 Å². The number of hydrogen-bond acceptors (Lipinski definition) is 4. The summed E-state index contributed by atoms with van der Waals surface area (Å²) in [6.45, 7) is 10.4. The zero-order valence-corrected chi connectivity index (χ0v) is 13.8. The number of nitrogens with zero attached hydrogens (tertiary/aromatic N) is 2. The molecule has 0 atom stereocenters. The fourth-order valence-electron chi connectivity index (χ4n) is 2.83. The topological polar surface area (TPSA) is 18.5 Å². The van der Waals surface area contributed by atoms with Crippen LogP contribution < -0.4 is 5.32 Å². The summed E-state index contributed by atoms with van der Waals surface area (Å²) >= 11 is 1.98. The Hall–Kier alpha value is -0.420. The summed E-state index contributed by atoms with van der Waals surface area (Å²) in [5, 5.41) is 3.60. The van der Waals surface area contributed by atoms with Crippen LogP contribution in [0.25, 0.3) is 0 Å². The first-order valence-corrected chi connectivity index (χ1v) is 8.59. The van der Waals surface area contributed by atoms with Gasteiger partial charge in [0.2, 0.25) is 0 Å². The Morgan fingerprint density at radius 1 is 1.25 bits per heavy atom. The second-order valence-corrected chi connectivity index (χ2v) is 8.22. The van der Waals surface area contributed by atoms with Gasteiger partial charge in [0.1, 0.15) is 0 Å².